The minimum absolute atomic E-state index is 0.228. The van der Waals surface area contributed by atoms with Gasteiger partial charge < -0.3 is 0 Å². The van der Waals surface area contributed by atoms with Gasteiger partial charge in [0.15, 0.2) is 0 Å². The lowest BCUT2D eigenvalue weighted by atomic mass is 10.1. The molecule has 96 valence electrons. The highest BCUT2D eigenvalue weighted by Crippen LogP contribution is 2.25. The number of carbonyl (C=O) groups excluding carboxylic acids is 1. The first-order valence-corrected chi connectivity index (χ1v) is 5.62. The molecule has 2 N–H and O–H groups in total. The number of nitrogens with zero attached hydrogens (tertiary/aromatic N) is 3. The van der Waals surface area contributed by atoms with E-state index in [-0.39, 0.29) is 18.3 Å². The fraction of sp³-hybridized carbons (Fsp3) is 0.0833. The smallest absolute Gasteiger partial charge is 0.273 e. The summed E-state index contributed by atoms with van der Waals surface area (Å²) in [5, 5.41) is 7.66. The molecule has 0 saturated heterocycles. The molecule has 2 heterocycles. The number of fused-ring (bicyclic) bond motifs is 1. The van der Waals surface area contributed by atoms with Crippen LogP contribution in [0.1, 0.15) is 16.1 Å². The summed E-state index contributed by atoms with van der Waals surface area (Å²) >= 11 is 0. The molecule has 19 heavy (non-hydrogen) atoms. The van der Waals surface area contributed by atoms with Gasteiger partial charge in [-0.2, -0.15) is 5.10 Å². The zero-order valence-corrected chi connectivity index (χ0v) is 9.80. The van der Waals surface area contributed by atoms with Crippen molar-refractivity contribution in [3.8, 4) is 0 Å². The topological polar surface area (TPSA) is 73.4 Å². The summed E-state index contributed by atoms with van der Waals surface area (Å²) in [6.45, 7) is 0.228. The van der Waals surface area contributed by atoms with E-state index in [1.54, 1.807) is 18.2 Å². The number of aromatic amines is 1. The van der Waals surface area contributed by atoms with E-state index in [0.717, 1.165) is 0 Å². The number of amides is 1. The van der Waals surface area contributed by atoms with Crippen LogP contribution in [0.15, 0.2) is 35.5 Å². The van der Waals surface area contributed by atoms with E-state index in [1.165, 1.54) is 23.6 Å². The molecule has 1 aromatic heterocycles. The fourth-order valence-corrected chi connectivity index (χ4v) is 1.81. The first-order valence-electron chi connectivity index (χ1n) is 5.62. The maximum atomic E-state index is 13.6. The Morgan fingerprint density at radius 1 is 1.42 bits per heavy atom. The first kappa shape index (κ1) is 11.4. The van der Waals surface area contributed by atoms with Crippen molar-refractivity contribution in [1.29, 1.82) is 0 Å². The Morgan fingerprint density at radius 3 is 3.11 bits per heavy atom. The number of aliphatic imine (C=N–C) groups is 1. The van der Waals surface area contributed by atoms with Gasteiger partial charge in [-0.15, -0.1) is 0 Å². The van der Waals surface area contributed by atoms with Gasteiger partial charge in [0, 0.05) is 11.8 Å². The van der Waals surface area contributed by atoms with Crippen molar-refractivity contribution < 1.29 is 9.18 Å². The van der Waals surface area contributed by atoms with E-state index in [0.29, 0.717) is 16.9 Å². The summed E-state index contributed by atoms with van der Waals surface area (Å²) in [5.41, 5.74) is 3.95. The lowest BCUT2D eigenvalue weighted by Crippen LogP contribution is -2.42. The largest absolute Gasteiger partial charge is 0.287 e. The molecule has 3 rings (SSSR count). The molecule has 6 nitrogen and oxygen atoms in total. The van der Waals surface area contributed by atoms with E-state index in [1.807, 2.05) is 0 Å². The highest BCUT2D eigenvalue weighted by molar-refractivity contribution is 5.92. The van der Waals surface area contributed by atoms with Gasteiger partial charge in [-0.25, -0.2) is 9.38 Å². The molecular weight excluding hydrogens is 249 g/mol. The number of H-pyrrole nitrogens is 1. The van der Waals surface area contributed by atoms with Crippen molar-refractivity contribution in [2.75, 3.05) is 0 Å². The number of benzene rings is 1. The Labute approximate surface area is 107 Å². The van der Waals surface area contributed by atoms with Gasteiger partial charge >= 0.3 is 0 Å². The van der Waals surface area contributed by atoms with Crippen molar-refractivity contribution in [3.63, 3.8) is 0 Å². The van der Waals surface area contributed by atoms with E-state index >= 15 is 0 Å². The van der Waals surface area contributed by atoms with Gasteiger partial charge in [-0.05, 0) is 18.2 Å². The second kappa shape index (κ2) is 4.52. The number of hydrazine groups is 1. The molecule has 0 fully saturated rings. The van der Waals surface area contributed by atoms with Crippen molar-refractivity contribution in [1.82, 2.24) is 20.6 Å². The normalized spacial score (nSPS) is 13.2. The highest BCUT2D eigenvalue weighted by Gasteiger charge is 2.18. The third kappa shape index (κ3) is 2.17. The van der Waals surface area contributed by atoms with Crippen LogP contribution in [0.4, 0.5) is 10.1 Å². The van der Waals surface area contributed by atoms with Crippen molar-refractivity contribution in [2.24, 2.45) is 4.99 Å². The SMILES string of the molecule is O=C(NN1C=Nc2cccc(F)c2C1)c1ccn[nH]1. The predicted octanol–water partition coefficient (Wildman–Crippen LogP) is 1.37. The Hall–Kier alpha value is -2.70. The maximum absolute atomic E-state index is 13.6. The molecule has 0 radical (unpaired) electrons. The van der Waals surface area contributed by atoms with Gasteiger partial charge in [0.2, 0.25) is 0 Å². The van der Waals surface area contributed by atoms with Crippen LogP contribution in [-0.4, -0.2) is 27.5 Å². The fourth-order valence-electron chi connectivity index (χ4n) is 1.81. The summed E-state index contributed by atoms with van der Waals surface area (Å²) in [6, 6.07) is 6.24. The van der Waals surface area contributed by atoms with Crippen LogP contribution in [0.25, 0.3) is 0 Å². The standard InChI is InChI=1S/C12H10FN5O/c13-9-2-1-3-10-8(9)6-18(7-14-10)17-12(19)11-4-5-15-16-11/h1-5,7H,6H2,(H,15,16)(H,17,19). The Bertz CT molecular complexity index is 638. The number of halogens is 1. The number of aromatic nitrogens is 2. The van der Waals surface area contributed by atoms with Gasteiger partial charge in [-0.3, -0.25) is 20.3 Å². The highest BCUT2D eigenvalue weighted by atomic mass is 19.1. The zero-order valence-electron chi connectivity index (χ0n) is 9.80. The minimum atomic E-state index is -0.358. The number of nitrogens with one attached hydrogen (secondary N) is 2. The van der Waals surface area contributed by atoms with Gasteiger partial charge in [-0.1, -0.05) is 6.07 Å². The zero-order chi connectivity index (χ0) is 13.2. The minimum Gasteiger partial charge on any atom is -0.273 e. The van der Waals surface area contributed by atoms with Gasteiger partial charge in [0.1, 0.15) is 17.8 Å². The van der Waals surface area contributed by atoms with Crippen LogP contribution in [0.5, 0.6) is 0 Å². The lowest BCUT2D eigenvalue weighted by Gasteiger charge is -2.24. The summed E-state index contributed by atoms with van der Waals surface area (Å²) in [6.07, 6.45) is 2.93. The summed E-state index contributed by atoms with van der Waals surface area (Å²) in [4.78, 5) is 15.9. The monoisotopic (exact) mass is 259 g/mol. The Kier molecular flexibility index (Phi) is 2.71. The van der Waals surface area contributed by atoms with E-state index in [2.05, 4.69) is 20.6 Å². The molecule has 0 spiro atoms. The average molecular weight is 259 g/mol. The maximum Gasteiger partial charge on any atom is 0.287 e. The molecule has 0 unspecified atom stereocenters. The average Bonchev–Trinajstić information content (AvgIpc) is 2.94. The summed E-state index contributed by atoms with van der Waals surface area (Å²) in [5.74, 6) is -0.695. The molecule has 0 aliphatic carbocycles. The molecule has 2 aromatic rings. The molecular formula is C12H10FN5O. The number of carbonyl (C=O) groups is 1. The van der Waals surface area contributed by atoms with Crippen LogP contribution >= 0.6 is 0 Å². The van der Waals surface area contributed by atoms with Gasteiger partial charge in [0.25, 0.3) is 5.91 Å². The number of hydrogen-bond donors (Lipinski definition) is 2. The molecule has 1 aliphatic rings. The quantitative estimate of drug-likeness (QED) is 0.855. The molecule has 7 heteroatoms. The van der Waals surface area contributed by atoms with Crippen LogP contribution in [-0.2, 0) is 6.54 Å². The number of hydrogen-bond acceptors (Lipinski definition) is 4. The molecule has 0 bridgehead atoms. The summed E-state index contributed by atoms with van der Waals surface area (Å²) < 4.78 is 13.6. The third-order valence-electron chi connectivity index (χ3n) is 2.75. The van der Waals surface area contributed by atoms with Gasteiger partial charge in [0.05, 0.1) is 12.2 Å². The molecule has 1 aliphatic heterocycles. The van der Waals surface area contributed by atoms with Crippen molar-refractivity contribution in [2.45, 2.75) is 6.54 Å². The molecule has 1 amide bonds. The second-order valence-electron chi connectivity index (χ2n) is 4.02. The Balaban J connectivity index is 1.76. The Morgan fingerprint density at radius 2 is 2.32 bits per heavy atom. The van der Waals surface area contributed by atoms with E-state index in [9.17, 15) is 9.18 Å². The van der Waals surface area contributed by atoms with E-state index in [4.69, 9.17) is 0 Å². The first-order chi connectivity index (χ1) is 9.24. The third-order valence-corrected chi connectivity index (χ3v) is 2.75. The van der Waals surface area contributed by atoms with Crippen molar-refractivity contribution >= 4 is 17.9 Å². The summed E-state index contributed by atoms with van der Waals surface area (Å²) in [7, 11) is 0. The molecule has 0 atom stereocenters. The lowest BCUT2D eigenvalue weighted by molar-refractivity contribution is 0.0862. The molecule has 1 aromatic carbocycles. The molecule has 0 saturated carbocycles. The van der Waals surface area contributed by atoms with E-state index < -0.39 is 0 Å². The number of rotatable bonds is 2. The predicted molar refractivity (Wildman–Crippen MR) is 66.1 cm³/mol. The van der Waals surface area contributed by atoms with Crippen LogP contribution in [0.3, 0.4) is 0 Å². The van der Waals surface area contributed by atoms with Crippen LogP contribution < -0.4 is 5.43 Å². The van der Waals surface area contributed by atoms with Crippen LogP contribution in [0, 0.1) is 5.82 Å². The van der Waals surface area contributed by atoms with Crippen LogP contribution in [0.2, 0.25) is 0 Å². The van der Waals surface area contributed by atoms with Crippen molar-refractivity contribution in [3.05, 3.63) is 47.5 Å². The second-order valence-corrected chi connectivity index (χ2v) is 4.02.